The minimum atomic E-state index is -0.394. The van der Waals surface area contributed by atoms with Crippen LogP contribution in [0.3, 0.4) is 0 Å². The molecule has 0 atom stereocenters. The molecule has 3 nitrogen and oxygen atoms in total. The highest BCUT2D eigenvalue weighted by Crippen LogP contribution is 2.21. The van der Waals surface area contributed by atoms with E-state index in [4.69, 9.17) is 10.5 Å². The third-order valence-electron chi connectivity index (χ3n) is 2.49. The van der Waals surface area contributed by atoms with Gasteiger partial charge in [-0.3, -0.25) is 0 Å². The van der Waals surface area contributed by atoms with Crippen LogP contribution < -0.4 is 5.73 Å². The first kappa shape index (κ1) is 13.5. The van der Waals surface area contributed by atoms with Gasteiger partial charge in [-0.15, -0.1) is 0 Å². The van der Waals surface area contributed by atoms with Gasteiger partial charge >= 0.3 is 5.97 Å². The zero-order valence-corrected chi connectivity index (χ0v) is 10.4. The van der Waals surface area contributed by atoms with Crippen LogP contribution in [0.4, 0.5) is 0 Å². The number of ether oxygens (including phenoxy) is 1. The van der Waals surface area contributed by atoms with Gasteiger partial charge in [0.2, 0.25) is 0 Å². The Morgan fingerprint density at radius 2 is 2.12 bits per heavy atom. The number of hydrogen-bond donors (Lipinski definition) is 1. The fourth-order valence-corrected chi connectivity index (χ4v) is 1.69. The first-order chi connectivity index (χ1) is 7.95. The molecule has 92 valence electrons. The number of benzene rings is 1. The average Bonchev–Trinajstić information content (AvgIpc) is 2.28. The third-order valence-corrected chi connectivity index (χ3v) is 2.49. The van der Waals surface area contributed by atoms with Gasteiger partial charge in [-0.05, 0) is 25.0 Å². The van der Waals surface area contributed by atoms with Crippen molar-refractivity contribution in [3.8, 4) is 0 Å². The van der Waals surface area contributed by atoms with Gasteiger partial charge in [0.1, 0.15) is 0 Å². The van der Waals surface area contributed by atoms with Gasteiger partial charge in [-0.2, -0.15) is 0 Å². The normalized spacial score (nSPS) is 11.0. The van der Waals surface area contributed by atoms with Crippen LogP contribution in [-0.4, -0.2) is 12.6 Å². The highest BCUT2D eigenvalue weighted by atomic mass is 16.5. The van der Waals surface area contributed by atoms with Crippen molar-refractivity contribution in [3.63, 3.8) is 0 Å². The monoisotopic (exact) mass is 233 g/mol. The van der Waals surface area contributed by atoms with Gasteiger partial charge in [0.25, 0.3) is 0 Å². The molecule has 3 heteroatoms. The minimum Gasteiger partial charge on any atom is -0.462 e. The molecule has 0 saturated carbocycles. The number of carbonyl (C=O) groups excluding carboxylic acids is 1. The zero-order valence-electron chi connectivity index (χ0n) is 10.4. The molecule has 0 aliphatic heterocycles. The highest BCUT2D eigenvalue weighted by molar-refractivity contribution is 5.81. The van der Waals surface area contributed by atoms with Crippen LogP contribution in [0.25, 0.3) is 0 Å². The van der Waals surface area contributed by atoms with Gasteiger partial charge in [0, 0.05) is 18.0 Å². The van der Waals surface area contributed by atoms with E-state index in [1.807, 2.05) is 38.1 Å². The van der Waals surface area contributed by atoms with Gasteiger partial charge in [0.15, 0.2) is 0 Å². The molecule has 0 fully saturated rings. The Balaban J connectivity index is 2.71. The summed E-state index contributed by atoms with van der Waals surface area (Å²) in [6, 6.07) is 7.93. The molecular formula is C14H19NO2. The van der Waals surface area contributed by atoms with Crippen molar-refractivity contribution in [2.75, 3.05) is 6.61 Å². The molecule has 0 spiro atoms. The number of hydrogen-bond acceptors (Lipinski definition) is 3. The molecule has 0 aliphatic carbocycles. The van der Waals surface area contributed by atoms with Crippen molar-refractivity contribution in [1.29, 1.82) is 0 Å². The fraction of sp³-hybridized carbons (Fsp3) is 0.357. The largest absolute Gasteiger partial charge is 0.462 e. The van der Waals surface area contributed by atoms with Crippen LogP contribution in [0.2, 0.25) is 0 Å². The molecule has 0 unspecified atom stereocenters. The van der Waals surface area contributed by atoms with Crippen molar-refractivity contribution in [2.24, 2.45) is 5.73 Å². The number of rotatable bonds is 5. The summed E-state index contributed by atoms with van der Waals surface area (Å²) in [5.41, 5.74) is 7.89. The molecule has 1 rings (SSSR count). The van der Waals surface area contributed by atoms with E-state index in [1.54, 1.807) is 0 Å². The van der Waals surface area contributed by atoms with E-state index >= 15 is 0 Å². The lowest BCUT2D eigenvalue weighted by molar-refractivity contribution is -0.137. The fourth-order valence-electron chi connectivity index (χ4n) is 1.69. The third kappa shape index (κ3) is 4.04. The molecule has 0 aliphatic rings. The first-order valence-corrected chi connectivity index (χ1v) is 5.61. The van der Waals surface area contributed by atoms with Crippen molar-refractivity contribution in [1.82, 2.24) is 0 Å². The van der Waals surface area contributed by atoms with E-state index in [0.717, 1.165) is 11.1 Å². The highest BCUT2D eigenvalue weighted by Gasteiger charge is 2.17. The lowest BCUT2D eigenvalue weighted by atomic mass is 9.90. The van der Waals surface area contributed by atoms with E-state index in [1.165, 1.54) is 6.08 Å². The quantitative estimate of drug-likeness (QED) is 0.626. The van der Waals surface area contributed by atoms with E-state index in [-0.39, 0.29) is 5.54 Å². The van der Waals surface area contributed by atoms with Gasteiger partial charge in [-0.25, -0.2) is 4.79 Å². The van der Waals surface area contributed by atoms with Crippen LogP contribution >= 0.6 is 0 Å². The lowest BCUT2D eigenvalue weighted by Crippen LogP contribution is -2.30. The summed E-state index contributed by atoms with van der Waals surface area (Å²) < 4.78 is 4.96. The summed E-state index contributed by atoms with van der Waals surface area (Å²) in [6.45, 7) is 7.61. The predicted molar refractivity (Wildman–Crippen MR) is 68.5 cm³/mol. The summed E-state index contributed by atoms with van der Waals surface area (Å²) in [4.78, 5) is 10.9. The molecule has 1 aromatic carbocycles. The first-order valence-electron chi connectivity index (χ1n) is 5.61. The van der Waals surface area contributed by atoms with Crippen molar-refractivity contribution >= 4 is 5.97 Å². The summed E-state index contributed by atoms with van der Waals surface area (Å²) in [5.74, 6) is -0.394. The second-order valence-corrected chi connectivity index (χ2v) is 4.50. The minimum absolute atomic E-state index is 0.345. The number of esters is 1. The van der Waals surface area contributed by atoms with Crippen LogP contribution in [0.1, 0.15) is 25.0 Å². The molecule has 0 heterocycles. The standard InChI is InChI=1S/C14H19NO2/c1-4-13(16)17-10-9-11-7-5-6-8-12(11)14(2,3)15/h4-8H,1,9-10,15H2,2-3H3. The van der Waals surface area contributed by atoms with Crippen molar-refractivity contribution in [2.45, 2.75) is 25.8 Å². The Bertz CT molecular complexity index is 405. The smallest absolute Gasteiger partial charge is 0.330 e. The van der Waals surface area contributed by atoms with Gasteiger partial charge in [-0.1, -0.05) is 30.8 Å². The predicted octanol–water partition coefficient (Wildman–Crippen LogP) is 2.15. The molecule has 0 bridgehead atoms. The molecule has 0 amide bonds. The second kappa shape index (κ2) is 5.64. The molecule has 0 radical (unpaired) electrons. The molecule has 0 aromatic heterocycles. The molecule has 1 aromatic rings. The number of carbonyl (C=O) groups is 1. The number of nitrogens with two attached hydrogens (primary N) is 1. The summed E-state index contributed by atoms with van der Waals surface area (Å²) in [5, 5.41) is 0. The summed E-state index contributed by atoms with van der Waals surface area (Å²) in [6.07, 6.45) is 1.83. The maximum atomic E-state index is 10.9. The topological polar surface area (TPSA) is 52.3 Å². The Morgan fingerprint density at radius 1 is 1.47 bits per heavy atom. The zero-order chi connectivity index (χ0) is 12.9. The Hall–Kier alpha value is -1.61. The van der Waals surface area contributed by atoms with E-state index in [2.05, 4.69) is 6.58 Å². The van der Waals surface area contributed by atoms with Crippen LogP contribution in [-0.2, 0) is 21.5 Å². The van der Waals surface area contributed by atoms with Crippen molar-refractivity contribution < 1.29 is 9.53 Å². The molecular weight excluding hydrogens is 214 g/mol. The molecule has 2 N–H and O–H groups in total. The van der Waals surface area contributed by atoms with Crippen LogP contribution in [0.5, 0.6) is 0 Å². The van der Waals surface area contributed by atoms with Gasteiger partial charge in [0.05, 0.1) is 6.61 Å². The van der Waals surface area contributed by atoms with Crippen LogP contribution in [0, 0.1) is 0 Å². The van der Waals surface area contributed by atoms with E-state index < -0.39 is 5.97 Å². The van der Waals surface area contributed by atoms with Crippen LogP contribution in [0.15, 0.2) is 36.9 Å². The summed E-state index contributed by atoms with van der Waals surface area (Å²) >= 11 is 0. The second-order valence-electron chi connectivity index (χ2n) is 4.50. The summed E-state index contributed by atoms with van der Waals surface area (Å²) in [7, 11) is 0. The Labute approximate surface area is 102 Å². The SMILES string of the molecule is C=CC(=O)OCCc1ccccc1C(C)(C)N. The maximum absolute atomic E-state index is 10.9. The average molecular weight is 233 g/mol. The lowest BCUT2D eigenvalue weighted by Gasteiger charge is -2.22. The van der Waals surface area contributed by atoms with E-state index in [9.17, 15) is 4.79 Å². The van der Waals surface area contributed by atoms with Gasteiger partial charge < -0.3 is 10.5 Å². The molecule has 0 saturated heterocycles. The van der Waals surface area contributed by atoms with E-state index in [0.29, 0.717) is 13.0 Å². The Morgan fingerprint density at radius 3 is 2.71 bits per heavy atom. The maximum Gasteiger partial charge on any atom is 0.330 e. The van der Waals surface area contributed by atoms with Crippen molar-refractivity contribution in [3.05, 3.63) is 48.0 Å². The Kier molecular flexibility index (Phi) is 4.46. The molecule has 17 heavy (non-hydrogen) atoms.